The lowest BCUT2D eigenvalue weighted by Crippen LogP contribution is -2.37. The van der Waals surface area contributed by atoms with Gasteiger partial charge in [0, 0.05) is 25.4 Å². The van der Waals surface area contributed by atoms with E-state index >= 15 is 0 Å². The van der Waals surface area contributed by atoms with Crippen LogP contribution in [0.1, 0.15) is 12.5 Å². The SMILES string of the molecule is C[C@H](Oc1ccccc1)C(=O)N(C)Cc1cnn(-c2ccccc2)c1. The summed E-state index contributed by atoms with van der Waals surface area (Å²) in [6.45, 7) is 2.24. The second kappa shape index (κ2) is 7.66. The molecule has 2 aromatic carbocycles. The van der Waals surface area contributed by atoms with E-state index in [2.05, 4.69) is 5.10 Å². The third-order valence-corrected chi connectivity index (χ3v) is 3.86. The Morgan fingerprint density at radius 2 is 1.76 bits per heavy atom. The Bertz CT molecular complexity index is 815. The Balaban J connectivity index is 1.61. The van der Waals surface area contributed by atoms with E-state index in [1.54, 1.807) is 29.7 Å². The van der Waals surface area contributed by atoms with Crippen molar-refractivity contribution < 1.29 is 9.53 Å². The number of aromatic nitrogens is 2. The number of para-hydroxylation sites is 2. The highest BCUT2D eigenvalue weighted by Gasteiger charge is 2.19. The van der Waals surface area contributed by atoms with Crippen LogP contribution < -0.4 is 4.74 Å². The van der Waals surface area contributed by atoms with Gasteiger partial charge in [-0.3, -0.25) is 4.79 Å². The molecular formula is C20H21N3O2. The van der Waals surface area contributed by atoms with Gasteiger partial charge in [0.15, 0.2) is 6.10 Å². The Morgan fingerprint density at radius 1 is 1.12 bits per heavy atom. The lowest BCUT2D eigenvalue weighted by Gasteiger charge is -2.21. The predicted molar refractivity (Wildman–Crippen MR) is 96.6 cm³/mol. The van der Waals surface area contributed by atoms with Crippen molar-refractivity contribution in [2.45, 2.75) is 19.6 Å². The van der Waals surface area contributed by atoms with Gasteiger partial charge in [0.25, 0.3) is 5.91 Å². The lowest BCUT2D eigenvalue weighted by atomic mass is 10.3. The maximum atomic E-state index is 12.5. The molecule has 0 aliphatic carbocycles. The number of hydrogen-bond donors (Lipinski definition) is 0. The molecular weight excluding hydrogens is 314 g/mol. The largest absolute Gasteiger partial charge is 0.481 e. The Morgan fingerprint density at radius 3 is 2.44 bits per heavy atom. The molecule has 25 heavy (non-hydrogen) atoms. The fraction of sp³-hybridized carbons (Fsp3) is 0.200. The smallest absolute Gasteiger partial charge is 0.263 e. The molecule has 0 bridgehead atoms. The van der Waals surface area contributed by atoms with Crippen LogP contribution in [-0.4, -0.2) is 33.7 Å². The number of carbonyl (C=O) groups is 1. The Kier molecular flexibility index (Phi) is 5.14. The van der Waals surface area contributed by atoms with Crippen LogP contribution in [0.2, 0.25) is 0 Å². The zero-order valence-electron chi connectivity index (χ0n) is 14.4. The van der Waals surface area contributed by atoms with Crippen LogP contribution in [0.25, 0.3) is 5.69 Å². The highest BCUT2D eigenvalue weighted by molar-refractivity contribution is 5.80. The summed E-state index contributed by atoms with van der Waals surface area (Å²) < 4.78 is 7.50. The van der Waals surface area contributed by atoms with Crippen LogP contribution in [-0.2, 0) is 11.3 Å². The maximum absolute atomic E-state index is 12.5. The number of carbonyl (C=O) groups excluding carboxylic acids is 1. The number of ether oxygens (including phenoxy) is 1. The fourth-order valence-corrected chi connectivity index (χ4v) is 2.58. The first-order chi connectivity index (χ1) is 12.1. The standard InChI is InChI=1S/C20H21N3O2/c1-16(25-19-11-7-4-8-12-19)20(24)22(2)14-17-13-21-23(15-17)18-9-5-3-6-10-18/h3-13,15-16H,14H2,1-2H3/t16-/m0/s1. The molecule has 0 fully saturated rings. The van der Waals surface area contributed by atoms with Crippen molar-refractivity contribution in [1.29, 1.82) is 0 Å². The van der Waals surface area contributed by atoms with Crippen molar-refractivity contribution in [3.8, 4) is 11.4 Å². The molecule has 1 amide bonds. The van der Waals surface area contributed by atoms with Gasteiger partial charge in [0.1, 0.15) is 5.75 Å². The summed E-state index contributed by atoms with van der Waals surface area (Å²) in [5.41, 5.74) is 1.95. The van der Waals surface area contributed by atoms with Gasteiger partial charge in [-0.15, -0.1) is 0 Å². The summed E-state index contributed by atoms with van der Waals surface area (Å²) in [7, 11) is 1.77. The minimum Gasteiger partial charge on any atom is -0.481 e. The van der Waals surface area contributed by atoms with Gasteiger partial charge in [-0.05, 0) is 31.2 Å². The Labute approximate surface area is 147 Å². The first-order valence-electron chi connectivity index (χ1n) is 8.19. The number of rotatable bonds is 6. The molecule has 0 aliphatic rings. The third-order valence-electron chi connectivity index (χ3n) is 3.86. The van der Waals surface area contributed by atoms with Crippen molar-refractivity contribution in [3.05, 3.63) is 78.6 Å². The molecule has 0 aliphatic heterocycles. The van der Waals surface area contributed by atoms with Crippen LogP contribution in [0.4, 0.5) is 0 Å². The first-order valence-corrected chi connectivity index (χ1v) is 8.19. The fourth-order valence-electron chi connectivity index (χ4n) is 2.58. The molecule has 0 saturated carbocycles. The molecule has 3 aromatic rings. The van der Waals surface area contributed by atoms with E-state index in [-0.39, 0.29) is 5.91 Å². The van der Waals surface area contributed by atoms with Crippen molar-refractivity contribution in [3.63, 3.8) is 0 Å². The summed E-state index contributed by atoms with van der Waals surface area (Å²) in [4.78, 5) is 14.2. The number of benzene rings is 2. The van der Waals surface area contributed by atoms with E-state index in [9.17, 15) is 4.79 Å². The van der Waals surface area contributed by atoms with Gasteiger partial charge < -0.3 is 9.64 Å². The molecule has 5 heteroatoms. The van der Waals surface area contributed by atoms with Crippen molar-refractivity contribution >= 4 is 5.91 Å². The average Bonchev–Trinajstić information content (AvgIpc) is 3.11. The lowest BCUT2D eigenvalue weighted by molar-refractivity contribution is -0.137. The molecule has 128 valence electrons. The van der Waals surface area contributed by atoms with E-state index in [0.717, 1.165) is 11.3 Å². The third kappa shape index (κ3) is 4.26. The zero-order valence-corrected chi connectivity index (χ0v) is 14.4. The van der Waals surface area contributed by atoms with E-state index < -0.39 is 6.10 Å². The zero-order chi connectivity index (χ0) is 17.6. The molecule has 0 N–H and O–H groups in total. The summed E-state index contributed by atoms with van der Waals surface area (Å²) >= 11 is 0. The van der Waals surface area contributed by atoms with Crippen LogP contribution in [0.15, 0.2) is 73.1 Å². The summed E-state index contributed by atoms with van der Waals surface area (Å²) in [5.74, 6) is 0.616. The topological polar surface area (TPSA) is 47.4 Å². The molecule has 1 atom stereocenters. The second-order valence-corrected chi connectivity index (χ2v) is 5.90. The average molecular weight is 335 g/mol. The molecule has 0 radical (unpaired) electrons. The number of amides is 1. The number of nitrogens with zero attached hydrogens (tertiary/aromatic N) is 3. The summed E-state index contributed by atoms with van der Waals surface area (Å²) in [6, 6.07) is 19.2. The molecule has 0 spiro atoms. The number of hydrogen-bond acceptors (Lipinski definition) is 3. The molecule has 3 rings (SSSR count). The Hall–Kier alpha value is -3.08. The van der Waals surface area contributed by atoms with Gasteiger partial charge in [-0.25, -0.2) is 4.68 Å². The molecule has 0 unspecified atom stereocenters. The van der Waals surface area contributed by atoms with Crippen molar-refractivity contribution in [2.75, 3.05) is 7.05 Å². The highest BCUT2D eigenvalue weighted by atomic mass is 16.5. The molecule has 1 heterocycles. The van der Waals surface area contributed by atoms with Gasteiger partial charge in [0.05, 0.1) is 11.9 Å². The minimum atomic E-state index is -0.545. The minimum absolute atomic E-state index is 0.0729. The molecule has 0 saturated heterocycles. The van der Waals surface area contributed by atoms with E-state index in [4.69, 9.17) is 4.74 Å². The van der Waals surface area contributed by atoms with Gasteiger partial charge in [-0.2, -0.15) is 5.10 Å². The predicted octanol–water partition coefficient (Wildman–Crippen LogP) is 3.30. The van der Waals surface area contributed by atoms with Gasteiger partial charge in [0.2, 0.25) is 0 Å². The first kappa shape index (κ1) is 16.8. The van der Waals surface area contributed by atoms with Gasteiger partial charge in [-0.1, -0.05) is 36.4 Å². The maximum Gasteiger partial charge on any atom is 0.263 e. The van der Waals surface area contributed by atoms with Crippen LogP contribution in [0.5, 0.6) is 5.75 Å². The molecule has 5 nitrogen and oxygen atoms in total. The van der Waals surface area contributed by atoms with Crippen LogP contribution >= 0.6 is 0 Å². The monoisotopic (exact) mass is 335 g/mol. The van der Waals surface area contributed by atoms with E-state index in [1.165, 1.54) is 0 Å². The molecule has 1 aromatic heterocycles. The highest BCUT2D eigenvalue weighted by Crippen LogP contribution is 2.13. The summed E-state index contributed by atoms with van der Waals surface area (Å²) in [5, 5.41) is 4.36. The number of likely N-dealkylation sites (N-methyl/N-ethyl adjacent to an activating group) is 1. The van der Waals surface area contributed by atoms with Crippen molar-refractivity contribution in [2.24, 2.45) is 0 Å². The quantitative estimate of drug-likeness (QED) is 0.694. The summed E-state index contributed by atoms with van der Waals surface area (Å²) in [6.07, 6.45) is 3.16. The van der Waals surface area contributed by atoms with Crippen LogP contribution in [0.3, 0.4) is 0 Å². The van der Waals surface area contributed by atoms with E-state index in [1.807, 2.05) is 66.9 Å². The van der Waals surface area contributed by atoms with Crippen molar-refractivity contribution in [1.82, 2.24) is 14.7 Å². The normalized spacial score (nSPS) is 11.8. The van der Waals surface area contributed by atoms with E-state index in [0.29, 0.717) is 12.3 Å². The second-order valence-electron chi connectivity index (χ2n) is 5.90. The van der Waals surface area contributed by atoms with Crippen LogP contribution in [0, 0.1) is 0 Å². The van der Waals surface area contributed by atoms with Gasteiger partial charge >= 0.3 is 0 Å².